The van der Waals surface area contributed by atoms with Gasteiger partial charge in [0.2, 0.25) is 0 Å². The number of hydrogen-bond donors (Lipinski definition) is 2. The Labute approximate surface area is 149 Å². The molecule has 1 heterocycles. The Bertz CT molecular complexity index is 662. The van der Waals surface area contributed by atoms with Crippen molar-refractivity contribution in [1.29, 1.82) is 0 Å². The van der Waals surface area contributed by atoms with Crippen molar-refractivity contribution in [2.75, 3.05) is 13.7 Å². The summed E-state index contributed by atoms with van der Waals surface area (Å²) in [5, 5.41) is 12.6. The largest absolute Gasteiger partial charge is 0.493 e. The summed E-state index contributed by atoms with van der Waals surface area (Å²) < 4.78 is 11.6. The smallest absolute Gasteiger partial charge is 0.333 e. The predicted molar refractivity (Wildman–Crippen MR) is 96.2 cm³/mol. The van der Waals surface area contributed by atoms with Gasteiger partial charge < -0.3 is 19.9 Å². The topological polar surface area (TPSA) is 67.8 Å². The molecule has 5 heteroatoms. The number of hydrogen-bond acceptors (Lipinski definition) is 4. The Kier molecular flexibility index (Phi) is 5.51. The second kappa shape index (κ2) is 7.81. The molecule has 2 fully saturated rings. The van der Waals surface area contributed by atoms with E-state index < -0.39 is 5.97 Å². The second-order valence-electron chi connectivity index (χ2n) is 6.83. The van der Waals surface area contributed by atoms with E-state index in [0.29, 0.717) is 12.0 Å². The van der Waals surface area contributed by atoms with Crippen LogP contribution < -0.4 is 14.8 Å². The predicted octanol–water partition coefficient (Wildman–Crippen LogP) is 3.84. The Balaban J connectivity index is 1.79. The summed E-state index contributed by atoms with van der Waals surface area (Å²) in [7, 11) is 1.66. The lowest BCUT2D eigenvalue weighted by molar-refractivity contribution is -0.132. The molecule has 2 N–H and O–H groups in total. The number of nitrogens with one attached hydrogen (secondary N) is 1. The molecule has 0 spiro atoms. The number of ether oxygens (including phenoxy) is 2. The molecule has 1 saturated heterocycles. The van der Waals surface area contributed by atoms with Gasteiger partial charge in [-0.25, -0.2) is 4.79 Å². The molecule has 1 aromatic carbocycles. The van der Waals surface area contributed by atoms with Gasteiger partial charge in [-0.1, -0.05) is 13.0 Å². The lowest BCUT2D eigenvalue weighted by Crippen LogP contribution is -2.13. The van der Waals surface area contributed by atoms with Crippen molar-refractivity contribution in [2.45, 2.75) is 57.5 Å². The van der Waals surface area contributed by atoms with Crippen molar-refractivity contribution in [2.24, 2.45) is 0 Å². The van der Waals surface area contributed by atoms with Crippen molar-refractivity contribution < 1.29 is 19.4 Å². The van der Waals surface area contributed by atoms with Gasteiger partial charge in [-0.2, -0.15) is 0 Å². The minimum Gasteiger partial charge on any atom is -0.493 e. The molecule has 136 valence electrons. The first kappa shape index (κ1) is 17.6. The zero-order valence-corrected chi connectivity index (χ0v) is 15.0. The number of carboxylic acids is 1. The molecule has 0 unspecified atom stereocenters. The Morgan fingerprint density at radius 2 is 2.04 bits per heavy atom. The molecule has 0 radical (unpaired) electrons. The third-order valence-electron chi connectivity index (χ3n) is 5.24. The summed E-state index contributed by atoms with van der Waals surface area (Å²) in [5.74, 6) is 0.994. The van der Waals surface area contributed by atoms with Crippen LogP contribution in [-0.2, 0) is 4.79 Å². The maximum atomic E-state index is 11.4. The molecule has 5 nitrogen and oxygen atoms in total. The third kappa shape index (κ3) is 3.91. The van der Waals surface area contributed by atoms with Gasteiger partial charge in [-0.05, 0) is 56.2 Å². The van der Waals surface area contributed by atoms with Gasteiger partial charge in [0.1, 0.15) is 0 Å². The third-order valence-corrected chi connectivity index (χ3v) is 5.24. The maximum absolute atomic E-state index is 11.4. The van der Waals surface area contributed by atoms with Gasteiger partial charge in [-0.3, -0.25) is 0 Å². The number of aliphatic carboxylic acids is 1. The highest BCUT2D eigenvalue weighted by Gasteiger charge is 2.26. The summed E-state index contributed by atoms with van der Waals surface area (Å²) >= 11 is 0. The van der Waals surface area contributed by atoms with Crippen LogP contribution >= 0.6 is 0 Å². The molecular formula is C20H27NO4. The molecule has 1 saturated carbocycles. The first-order valence-corrected chi connectivity index (χ1v) is 9.16. The number of rotatable bonds is 6. The van der Waals surface area contributed by atoms with E-state index >= 15 is 0 Å². The lowest BCUT2D eigenvalue weighted by atomic mass is 9.95. The molecule has 3 rings (SSSR count). The number of carboxylic acid groups (broad SMARTS) is 1. The average Bonchev–Trinajstić information content (AvgIpc) is 3.27. The second-order valence-corrected chi connectivity index (χ2v) is 6.83. The van der Waals surface area contributed by atoms with Crippen LogP contribution in [0.1, 0.15) is 56.9 Å². The monoisotopic (exact) mass is 345 g/mol. The Morgan fingerprint density at radius 1 is 1.28 bits per heavy atom. The fourth-order valence-corrected chi connectivity index (χ4v) is 3.82. The van der Waals surface area contributed by atoms with Crippen molar-refractivity contribution >= 4 is 5.97 Å². The number of carbonyl (C=O) groups is 1. The van der Waals surface area contributed by atoms with Gasteiger partial charge in [0, 0.05) is 18.2 Å². The summed E-state index contributed by atoms with van der Waals surface area (Å²) in [6.07, 6.45) is 6.19. The standard InChI is InChI=1S/C20H27NO4/c1-3-16(20(22)23)17-10-14(12-21-17)13-8-9-18(24-2)19(11-13)25-15-6-4-5-7-15/h8-9,11,14-15,21H,3-7,10,12H2,1-2H3,(H,22,23)/t14-/m0/s1. The molecule has 1 aliphatic carbocycles. The van der Waals surface area contributed by atoms with Crippen LogP contribution in [0.3, 0.4) is 0 Å². The summed E-state index contributed by atoms with van der Waals surface area (Å²) in [6, 6.07) is 6.08. The fourth-order valence-electron chi connectivity index (χ4n) is 3.82. The lowest BCUT2D eigenvalue weighted by Gasteiger charge is -2.18. The minimum absolute atomic E-state index is 0.257. The Hall–Kier alpha value is -2.17. The molecule has 1 atom stereocenters. The maximum Gasteiger partial charge on any atom is 0.333 e. The van der Waals surface area contributed by atoms with E-state index in [-0.39, 0.29) is 12.0 Å². The van der Waals surface area contributed by atoms with E-state index in [1.165, 1.54) is 12.8 Å². The molecule has 1 aliphatic heterocycles. The fraction of sp³-hybridized carbons (Fsp3) is 0.550. The Morgan fingerprint density at radius 3 is 2.68 bits per heavy atom. The summed E-state index contributed by atoms with van der Waals surface area (Å²) in [6.45, 7) is 2.63. The first-order valence-electron chi connectivity index (χ1n) is 9.16. The van der Waals surface area contributed by atoms with Gasteiger partial charge in [0.15, 0.2) is 11.5 Å². The zero-order chi connectivity index (χ0) is 17.8. The highest BCUT2D eigenvalue weighted by atomic mass is 16.5. The van der Waals surface area contributed by atoms with E-state index in [9.17, 15) is 9.90 Å². The molecular weight excluding hydrogens is 318 g/mol. The number of methoxy groups -OCH3 is 1. The average molecular weight is 345 g/mol. The molecule has 0 bridgehead atoms. The van der Waals surface area contributed by atoms with Gasteiger partial charge in [-0.15, -0.1) is 0 Å². The first-order chi connectivity index (χ1) is 12.1. The van der Waals surface area contributed by atoms with Crippen LogP contribution in [0.5, 0.6) is 11.5 Å². The van der Waals surface area contributed by atoms with E-state index in [4.69, 9.17) is 9.47 Å². The highest BCUT2D eigenvalue weighted by molar-refractivity contribution is 5.87. The zero-order valence-electron chi connectivity index (χ0n) is 15.0. The molecule has 0 amide bonds. The van der Waals surface area contributed by atoms with Crippen molar-refractivity contribution in [3.63, 3.8) is 0 Å². The van der Waals surface area contributed by atoms with Crippen molar-refractivity contribution in [3.05, 3.63) is 35.0 Å². The van der Waals surface area contributed by atoms with Crippen LogP contribution in [0.15, 0.2) is 29.5 Å². The van der Waals surface area contributed by atoms with Crippen molar-refractivity contribution in [1.82, 2.24) is 5.32 Å². The molecule has 25 heavy (non-hydrogen) atoms. The summed E-state index contributed by atoms with van der Waals surface area (Å²) in [4.78, 5) is 11.4. The van der Waals surface area contributed by atoms with Crippen molar-refractivity contribution in [3.8, 4) is 11.5 Å². The van der Waals surface area contributed by atoms with Gasteiger partial charge in [0.05, 0.1) is 18.8 Å². The number of benzene rings is 1. The van der Waals surface area contributed by atoms with Crippen LogP contribution in [0.2, 0.25) is 0 Å². The SMILES string of the molecule is CCC(C(=O)O)=C1C[C@H](c2ccc(OC)c(OC3CCCC3)c2)CN1. The quantitative estimate of drug-likeness (QED) is 0.767. The van der Waals surface area contributed by atoms with Crippen LogP contribution in [-0.4, -0.2) is 30.8 Å². The van der Waals surface area contributed by atoms with Crippen LogP contribution in [0.4, 0.5) is 0 Å². The van der Waals surface area contributed by atoms with Gasteiger partial charge >= 0.3 is 5.97 Å². The van der Waals surface area contributed by atoms with E-state index in [0.717, 1.165) is 48.6 Å². The van der Waals surface area contributed by atoms with E-state index in [2.05, 4.69) is 17.4 Å². The van der Waals surface area contributed by atoms with Crippen LogP contribution in [0.25, 0.3) is 0 Å². The normalized spacial score (nSPS) is 22.6. The number of allylic oxidation sites excluding steroid dienone is 1. The van der Waals surface area contributed by atoms with Gasteiger partial charge in [0.25, 0.3) is 0 Å². The molecule has 1 aromatic rings. The molecule has 0 aromatic heterocycles. The van der Waals surface area contributed by atoms with E-state index in [1.807, 2.05) is 13.0 Å². The van der Waals surface area contributed by atoms with E-state index in [1.54, 1.807) is 7.11 Å². The summed E-state index contributed by atoms with van der Waals surface area (Å²) in [5.41, 5.74) is 2.50. The van der Waals surface area contributed by atoms with Crippen LogP contribution in [0, 0.1) is 0 Å². The minimum atomic E-state index is -0.828. The molecule has 2 aliphatic rings. The highest BCUT2D eigenvalue weighted by Crippen LogP contribution is 2.37.